The molecule has 2 fully saturated rings. The summed E-state index contributed by atoms with van der Waals surface area (Å²) in [6, 6.07) is 0. The molecule has 0 spiro atoms. The largest absolute Gasteiger partial charge is 0.456 e. The van der Waals surface area contributed by atoms with Crippen LogP contribution in [0.1, 0.15) is 75.2 Å². The second-order valence-electron chi connectivity index (χ2n) is 11.1. The number of carbonyl (C=O) groups excluding carboxylic acids is 3. The number of hydrogen-bond donors (Lipinski definition) is 2. The maximum absolute atomic E-state index is 12.7. The first-order valence-electron chi connectivity index (χ1n) is 13.3. The van der Waals surface area contributed by atoms with Crippen LogP contribution in [0.3, 0.4) is 0 Å². The Labute approximate surface area is 231 Å². The third-order valence-corrected chi connectivity index (χ3v) is 7.90. The van der Waals surface area contributed by atoms with E-state index in [0.29, 0.717) is 23.1 Å². The van der Waals surface area contributed by atoms with Crippen LogP contribution in [-0.4, -0.2) is 69.8 Å². The predicted molar refractivity (Wildman–Crippen MR) is 145 cm³/mol. The Kier molecular flexibility index (Phi) is 10.5. The molecule has 1 aliphatic heterocycles. The van der Waals surface area contributed by atoms with Gasteiger partial charge in [-0.3, -0.25) is 0 Å². The lowest BCUT2D eigenvalue weighted by Crippen LogP contribution is -2.64. The topological polar surface area (TPSA) is 132 Å². The zero-order valence-electron chi connectivity index (χ0n) is 24.6. The molecule has 0 bridgehead atoms. The summed E-state index contributed by atoms with van der Waals surface area (Å²) in [7, 11) is 0. The Hall–Kier alpha value is -2.75. The minimum atomic E-state index is -1.93. The van der Waals surface area contributed by atoms with Crippen molar-refractivity contribution in [3.8, 4) is 0 Å². The maximum Gasteiger partial charge on any atom is 0.333 e. The normalized spacial score (nSPS) is 31.7. The van der Waals surface area contributed by atoms with Gasteiger partial charge in [0.25, 0.3) is 0 Å². The van der Waals surface area contributed by atoms with Crippen molar-refractivity contribution < 1.29 is 43.5 Å². The summed E-state index contributed by atoms with van der Waals surface area (Å²) in [6.07, 6.45) is -0.141. The van der Waals surface area contributed by atoms with E-state index in [1.807, 2.05) is 13.8 Å². The first kappa shape index (κ1) is 32.5. The van der Waals surface area contributed by atoms with E-state index in [-0.39, 0.29) is 18.1 Å². The van der Waals surface area contributed by atoms with Crippen molar-refractivity contribution in [2.75, 3.05) is 0 Å². The molecule has 7 unspecified atom stereocenters. The van der Waals surface area contributed by atoms with Gasteiger partial charge in [-0.05, 0) is 74.3 Å². The van der Waals surface area contributed by atoms with E-state index < -0.39 is 59.4 Å². The first-order valence-corrected chi connectivity index (χ1v) is 13.3. The summed E-state index contributed by atoms with van der Waals surface area (Å²) in [5, 5.41) is 23.0. The van der Waals surface area contributed by atoms with Gasteiger partial charge < -0.3 is 29.2 Å². The Morgan fingerprint density at radius 2 is 1.41 bits per heavy atom. The van der Waals surface area contributed by atoms with Crippen LogP contribution in [0.4, 0.5) is 0 Å². The van der Waals surface area contributed by atoms with E-state index >= 15 is 0 Å². The zero-order chi connectivity index (χ0) is 29.9. The highest BCUT2D eigenvalue weighted by molar-refractivity contribution is 5.89. The second kappa shape index (κ2) is 12.6. The Bertz CT molecular complexity index is 1060. The average Bonchev–Trinajstić information content (AvgIpc) is 3.50. The molecule has 0 radical (unpaired) electrons. The molecule has 0 aromatic heterocycles. The molecule has 1 saturated carbocycles. The van der Waals surface area contributed by atoms with Crippen molar-refractivity contribution in [1.82, 2.24) is 0 Å². The van der Waals surface area contributed by atoms with Crippen molar-refractivity contribution in [3.05, 3.63) is 47.1 Å². The summed E-state index contributed by atoms with van der Waals surface area (Å²) in [5.41, 5.74) is -0.989. The van der Waals surface area contributed by atoms with E-state index in [9.17, 15) is 24.6 Å². The van der Waals surface area contributed by atoms with Gasteiger partial charge in [0.05, 0.1) is 11.7 Å². The smallest absolute Gasteiger partial charge is 0.333 e. The van der Waals surface area contributed by atoms with Crippen LogP contribution in [0.25, 0.3) is 0 Å². The van der Waals surface area contributed by atoms with Gasteiger partial charge in [-0.15, -0.1) is 0 Å². The summed E-state index contributed by atoms with van der Waals surface area (Å²) in [4.78, 5) is 38.1. The molecule has 0 aromatic carbocycles. The number of ether oxygens (including phenoxy) is 4. The number of hydrogen-bond acceptors (Lipinski definition) is 9. The highest BCUT2D eigenvalue weighted by Gasteiger charge is 2.57. The third kappa shape index (κ3) is 7.47. The van der Waals surface area contributed by atoms with Gasteiger partial charge in [-0.2, -0.15) is 0 Å². The molecule has 39 heavy (non-hydrogen) atoms. The molecule has 218 valence electrons. The molecule has 2 aliphatic rings. The van der Waals surface area contributed by atoms with Crippen LogP contribution in [0.5, 0.6) is 0 Å². The molecule has 7 atom stereocenters. The quantitative estimate of drug-likeness (QED) is 0.137. The van der Waals surface area contributed by atoms with E-state index in [1.54, 1.807) is 59.8 Å². The van der Waals surface area contributed by atoms with Crippen molar-refractivity contribution >= 4 is 17.9 Å². The Balaban J connectivity index is 2.48. The highest BCUT2D eigenvalue weighted by atomic mass is 16.6. The van der Waals surface area contributed by atoms with Gasteiger partial charge in [0.15, 0.2) is 6.10 Å². The number of aliphatic hydroxyl groups excluding tert-OH is 1. The standard InChI is InChI=1S/C30H44O9/c1-11-16(4)26(32)36-21(15-22-29(8,9)39-22)19(7)20-14-23(37-27(33)17(5)12-2)30(10,35)25(24(20)31)38-28(34)18(6)13-3/h11-13,20-25,31,35H,7,14-15H2,1-6,8-10H3. The maximum atomic E-state index is 12.7. The fourth-order valence-electron chi connectivity index (χ4n) is 4.45. The predicted octanol–water partition coefficient (Wildman–Crippen LogP) is 3.88. The van der Waals surface area contributed by atoms with Crippen LogP contribution in [0.15, 0.2) is 47.1 Å². The van der Waals surface area contributed by atoms with Gasteiger partial charge in [0.2, 0.25) is 0 Å². The third-order valence-electron chi connectivity index (χ3n) is 7.90. The molecule has 2 N–H and O–H groups in total. The van der Waals surface area contributed by atoms with Crippen molar-refractivity contribution in [3.63, 3.8) is 0 Å². The Morgan fingerprint density at radius 3 is 1.87 bits per heavy atom. The van der Waals surface area contributed by atoms with Gasteiger partial charge in [0.1, 0.15) is 23.9 Å². The lowest BCUT2D eigenvalue weighted by atomic mass is 9.69. The summed E-state index contributed by atoms with van der Waals surface area (Å²) in [5.74, 6) is -2.79. The molecule has 1 heterocycles. The number of carbonyl (C=O) groups is 3. The highest BCUT2D eigenvalue weighted by Crippen LogP contribution is 2.44. The summed E-state index contributed by atoms with van der Waals surface area (Å²) >= 11 is 0. The minimum absolute atomic E-state index is 0.0437. The minimum Gasteiger partial charge on any atom is -0.456 e. The molecular formula is C30H44O9. The SMILES string of the molecule is C=C(C(CC1OC1(C)C)OC(=O)C(C)=CC)C1CC(OC(=O)C(C)=CC)C(C)(O)C(OC(=O)C(C)=CC)C1O. The van der Waals surface area contributed by atoms with E-state index in [1.165, 1.54) is 6.92 Å². The van der Waals surface area contributed by atoms with E-state index in [4.69, 9.17) is 18.9 Å². The monoisotopic (exact) mass is 548 g/mol. The zero-order valence-corrected chi connectivity index (χ0v) is 24.6. The molecule has 2 rings (SSSR count). The molecule has 0 aromatic rings. The van der Waals surface area contributed by atoms with Crippen molar-refractivity contribution in [2.24, 2.45) is 5.92 Å². The number of rotatable bonds is 10. The molecule has 1 saturated heterocycles. The van der Waals surface area contributed by atoms with Gasteiger partial charge in [-0.25, -0.2) is 14.4 Å². The molecular weight excluding hydrogens is 504 g/mol. The fourth-order valence-corrected chi connectivity index (χ4v) is 4.45. The molecule has 9 heteroatoms. The number of epoxide rings is 1. The van der Waals surface area contributed by atoms with E-state index in [0.717, 1.165) is 0 Å². The number of aliphatic hydroxyl groups is 2. The van der Waals surface area contributed by atoms with Crippen molar-refractivity contribution in [2.45, 2.75) is 117 Å². The van der Waals surface area contributed by atoms with Crippen LogP contribution in [-0.2, 0) is 33.3 Å². The number of esters is 3. The first-order chi connectivity index (χ1) is 18.0. The van der Waals surface area contributed by atoms with Gasteiger partial charge in [-0.1, -0.05) is 24.8 Å². The van der Waals surface area contributed by atoms with Crippen molar-refractivity contribution in [1.29, 1.82) is 0 Å². The number of allylic oxidation sites excluding steroid dienone is 3. The Morgan fingerprint density at radius 1 is 0.949 bits per heavy atom. The van der Waals surface area contributed by atoms with Gasteiger partial charge in [0, 0.05) is 29.1 Å². The summed E-state index contributed by atoms with van der Waals surface area (Å²) in [6.45, 7) is 19.2. The fraction of sp³-hybridized carbons (Fsp3) is 0.633. The van der Waals surface area contributed by atoms with Crippen LogP contribution in [0.2, 0.25) is 0 Å². The lowest BCUT2D eigenvalue weighted by Gasteiger charge is -2.48. The average molecular weight is 549 g/mol. The summed E-state index contributed by atoms with van der Waals surface area (Å²) < 4.78 is 22.8. The second-order valence-corrected chi connectivity index (χ2v) is 11.1. The molecule has 9 nitrogen and oxygen atoms in total. The van der Waals surface area contributed by atoms with E-state index in [2.05, 4.69) is 6.58 Å². The molecule has 0 amide bonds. The van der Waals surface area contributed by atoms with Crippen LogP contribution in [0, 0.1) is 5.92 Å². The van der Waals surface area contributed by atoms with Gasteiger partial charge >= 0.3 is 17.9 Å². The molecule has 1 aliphatic carbocycles. The lowest BCUT2D eigenvalue weighted by molar-refractivity contribution is -0.229. The van der Waals surface area contributed by atoms with Crippen LogP contribution >= 0.6 is 0 Å². The van der Waals surface area contributed by atoms with Crippen LogP contribution < -0.4 is 0 Å².